The molecule has 5 heteroatoms. The van der Waals surface area contributed by atoms with Crippen LogP contribution in [0.3, 0.4) is 0 Å². The summed E-state index contributed by atoms with van der Waals surface area (Å²) in [7, 11) is 1.39. The molecule has 1 unspecified atom stereocenters. The number of nitrogens with zero attached hydrogens (tertiary/aromatic N) is 1. The molecule has 0 N–H and O–H groups in total. The number of esters is 1. The quantitative estimate of drug-likeness (QED) is 0.581. The van der Waals surface area contributed by atoms with Gasteiger partial charge in [0, 0.05) is 19.1 Å². The third-order valence-electron chi connectivity index (χ3n) is 2.96. The maximum absolute atomic E-state index is 11.7. The van der Waals surface area contributed by atoms with E-state index in [-0.39, 0.29) is 22.8 Å². The third kappa shape index (κ3) is 3.77. The molecular formula is C13H21NO3S. The second-order valence-electron chi connectivity index (χ2n) is 4.76. The van der Waals surface area contributed by atoms with Gasteiger partial charge >= 0.3 is 5.97 Å². The largest absolute Gasteiger partial charge is 0.469 e. The molecule has 1 fully saturated rings. The normalized spacial score (nSPS) is 22.4. The van der Waals surface area contributed by atoms with E-state index in [1.807, 2.05) is 17.1 Å². The molecule has 1 aliphatic rings. The molecule has 1 amide bonds. The van der Waals surface area contributed by atoms with Crippen LogP contribution in [0.5, 0.6) is 0 Å². The summed E-state index contributed by atoms with van der Waals surface area (Å²) in [5.41, 5.74) is 0. The van der Waals surface area contributed by atoms with E-state index >= 15 is 0 Å². The first kappa shape index (κ1) is 15.1. The summed E-state index contributed by atoms with van der Waals surface area (Å²) in [6, 6.07) is 0.125. The summed E-state index contributed by atoms with van der Waals surface area (Å²) in [5, 5.41) is 0. The third-order valence-corrected chi connectivity index (χ3v) is 4.37. The van der Waals surface area contributed by atoms with E-state index in [9.17, 15) is 9.59 Å². The first-order valence-corrected chi connectivity index (χ1v) is 7.04. The van der Waals surface area contributed by atoms with E-state index in [0.29, 0.717) is 12.8 Å². The Morgan fingerprint density at radius 1 is 1.50 bits per heavy atom. The van der Waals surface area contributed by atoms with Crippen molar-refractivity contribution in [1.29, 1.82) is 0 Å². The molecule has 0 spiro atoms. The van der Waals surface area contributed by atoms with Gasteiger partial charge in [-0.3, -0.25) is 9.59 Å². The molecular weight excluding hydrogens is 250 g/mol. The van der Waals surface area contributed by atoms with Crippen LogP contribution in [0.25, 0.3) is 0 Å². The Morgan fingerprint density at radius 2 is 2.17 bits per heavy atom. The molecule has 0 saturated carbocycles. The summed E-state index contributed by atoms with van der Waals surface area (Å²) < 4.78 is 4.57. The van der Waals surface area contributed by atoms with Gasteiger partial charge in [-0.1, -0.05) is 12.2 Å². The highest BCUT2D eigenvalue weighted by molar-refractivity contribution is 8.00. The Bertz CT molecular complexity index is 352. The molecule has 0 aliphatic carbocycles. The number of hydrogen-bond acceptors (Lipinski definition) is 4. The zero-order valence-corrected chi connectivity index (χ0v) is 12.3. The van der Waals surface area contributed by atoms with Gasteiger partial charge in [-0.05, 0) is 20.3 Å². The molecule has 1 saturated heterocycles. The number of amides is 1. The average Bonchev–Trinajstić information content (AvgIpc) is 2.59. The Hall–Kier alpha value is -0.970. The molecule has 0 radical (unpaired) electrons. The number of thioether (sulfide) groups is 1. The molecule has 1 heterocycles. The number of methoxy groups -OCH3 is 1. The van der Waals surface area contributed by atoms with E-state index in [0.717, 1.165) is 5.75 Å². The molecule has 102 valence electrons. The van der Waals surface area contributed by atoms with E-state index in [1.54, 1.807) is 18.7 Å². The van der Waals surface area contributed by atoms with E-state index in [4.69, 9.17) is 0 Å². The minimum Gasteiger partial charge on any atom is -0.469 e. The van der Waals surface area contributed by atoms with Crippen molar-refractivity contribution in [3.63, 3.8) is 0 Å². The van der Waals surface area contributed by atoms with Crippen molar-refractivity contribution in [1.82, 2.24) is 4.90 Å². The minimum absolute atomic E-state index is 0.0904. The van der Waals surface area contributed by atoms with E-state index in [2.05, 4.69) is 18.6 Å². The number of allylic oxidation sites excluding steroid dienone is 1. The summed E-state index contributed by atoms with van der Waals surface area (Å²) in [5.74, 6) is 0.790. The Labute approximate surface area is 113 Å². The number of rotatable bonds is 4. The van der Waals surface area contributed by atoms with Crippen LogP contribution in [0.1, 0.15) is 33.6 Å². The first-order chi connectivity index (χ1) is 8.38. The molecule has 1 rings (SSSR count). The topological polar surface area (TPSA) is 46.6 Å². The van der Waals surface area contributed by atoms with Crippen molar-refractivity contribution in [3.05, 3.63) is 12.2 Å². The highest BCUT2D eigenvalue weighted by Gasteiger charge is 2.40. The maximum Gasteiger partial charge on any atom is 0.305 e. The van der Waals surface area contributed by atoms with Crippen LogP contribution >= 0.6 is 11.8 Å². The predicted molar refractivity (Wildman–Crippen MR) is 73.2 cm³/mol. The summed E-state index contributed by atoms with van der Waals surface area (Å²) >= 11 is 1.78. The first-order valence-electron chi connectivity index (χ1n) is 6.06. The number of hydrogen-bond donors (Lipinski definition) is 0. The minimum atomic E-state index is -0.204. The predicted octanol–water partition coefficient (Wildman–Crippen LogP) is 2.20. The summed E-state index contributed by atoms with van der Waals surface area (Å²) in [6.45, 7) is 5.71. The van der Waals surface area contributed by atoms with Gasteiger partial charge < -0.3 is 9.64 Å². The molecule has 0 aromatic rings. The molecule has 0 bridgehead atoms. The lowest BCUT2D eigenvalue weighted by atomic mass is 10.2. The molecule has 1 atom stereocenters. The molecule has 1 aliphatic heterocycles. The fraction of sp³-hybridized carbons (Fsp3) is 0.692. The van der Waals surface area contributed by atoms with Crippen LogP contribution in [0.4, 0.5) is 0 Å². The highest BCUT2D eigenvalue weighted by Crippen LogP contribution is 2.39. The van der Waals surface area contributed by atoms with Crippen LogP contribution in [-0.2, 0) is 14.3 Å². The van der Waals surface area contributed by atoms with Gasteiger partial charge in [0.1, 0.15) is 0 Å². The molecule has 0 aromatic heterocycles. The highest BCUT2D eigenvalue weighted by atomic mass is 32.2. The number of carbonyl (C=O) groups is 2. The molecule has 4 nitrogen and oxygen atoms in total. The fourth-order valence-electron chi connectivity index (χ4n) is 2.14. The van der Waals surface area contributed by atoms with Gasteiger partial charge in [0.05, 0.1) is 18.0 Å². The number of carbonyl (C=O) groups excluding carboxylic acids is 2. The standard InChI is InChI=1S/C13H21NO3S/c1-10(15)14-11(9-18-13(14,2)3)7-5-6-8-12(16)17-4/h5,7,11H,6,8-9H2,1-4H3. The van der Waals surface area contributed by atoms with Gasteiger partial charge in [-0.25, -0.2) is 0 Å². The molecule has 0 aromatic carbocycles. The lowest BCUT2D eigenvalue weighted by Crippen LogP contribution is -2.44. The lowest BCUT2D eigenvalue weighted by molar-refractivity contribution is -0.140. The van der Waals surface area contributed by atoms with Crippen LogP contribution < -0.4 is 0 Å². The van der Waals surface area contributed by atoms with Crippen molar-refractivity contribution < 1.29 is 14.3 Å². The van der Waals surface area contributed by atoms with Gasteiger partial charge in [0.25, 0.3) is 0 Å². The number of ether oxygens (including phenoxy) is 1. The van der Waals surface area contributed by atoms with Crippen molar-refractivity contribution in [2.45, 2.75) is 44.5 Å². The Morgan fingerprint density at radius 3 is 2.72 bits per heavy atom. The van der Waals surface area contributed by atoms with Crippen LogP contribution in [-0.4, -0.2) is 40.6 Å². The monoisotopic (exact) mass is 271 g/mol. The second kappa shape index (κ2) is 6.27. The van der Waals surface area contributed by atoms with Crippen molar-refractivity contribution in [3.8, 4) is 0 Å². The lowest BCUT2D eigenvalue weighted by Gasteiger charge is -2.32. The van der Waals surface area contributed by atoms with Gasteiger partial charge in [-0.15, -0.1) is 11.8 Å². The van der Waals surface area contributed by atoms with Crippen molar-refractivity contribution >= 4 is 23.6 Å². The Balaban J connectivity index is 2.54. The second-order valence-corrected chi connectivity index (χ2v) is 6.38. The van der Waals surface area contributed by atoms with E-state index < -0.39 is 0 Å². The zero-order valence-electron chi connectivity index (χ0n) is 11.4. The van der Waals surface area contributed by atoms with Crippen LogP contribution in [0.2, 0.25) is 0 Å². The van der Waals surface area contributed by atoms with Gasteiger partial charge in [-0.2, -0.15) is 0 Å². The van der Waals surface area contributed by atoms with Crippen LogP contribution in [0.15, 0.2) is 12.2 Å². The van der Waals surface area contributed by atoms with Crippen molar-refractivity contribution in [2.75, 3.05) is 12.9 Å². The average molecular weight is 271 g/mol. The fourth-order valence-corrected chi connectivity index (χ4v) is 3.39. The summed E-state index contributed by atoms with van der Waals surface area (Å²) in [6.07, 6.45) is 5.02. The maximum atomic E-state index is 11.7. The van der Waals surface area contributed by atoms with E-state index in [1.165, 1.54) is 7.11 Å². The van der Waals surface area contributed by atoms with Crippen molar-refractivity contribution in [2.24, 2.45) is 0 Å². The van der Waals surface area contributed by atoms with Crippen LogP contribution in [0, 0.1) is 0 Å². The smallest absolute Gasteiger partial charge is 0.305 e. The Kier molecular flexibility index (Phi) is 5.26. The van der Waals surface area contributed by atoms with Gasteiger partial charge in [0.2, 0.25) is 5.91 Å². The van der Waals surface area contributed by atoms with Gasteiger partial charge in [0.15, 0.2) is 0 Å². The summed E-state index contributed by atoms with van der Waals surface area (Å²) in [4.78, 5) is 24.4. The zero-order chi connectivity index (χ0) is 13.8. The molecule has 18 heavy (non-hydrogen) atoms. The SMILES string of the molecule is COC(=O)CCC=CC1CSC(C)(C)N1C(C)=O.